The number of aryl methyl sites for hydroxylation is 1. The Bertz CT molecular complexity index is 345. The number of rotatable bonds is 3. The molecule has 0 aliphatic carbocycles. The Morgan fingerprint density at radius 2 is 2.25 bits per heavy atom. The van der Waals surface area contributed by atoms with Crippen LogP contribution in [0.2, 0.25) is 0 Å². The van der Waals surface area contributed by atoms with Gasteiger partial charge in [-0.25, -0.2) is 0 Å². The van der Waals surface area contributed by atoms with E-state index in [1.807, 2.05) is 7.05 Å². The maximum Gasteiger partial charge on any atom is 0.105 e. The minimum Gasteiger partial charge on any atom is -0.393 e. The molecule has 1 atom stereocenters. The number of hydrogen-bond acceptors (Lipinski definition) is 4. The van der Waals surface area contributed by atoms with Crippen molar-refractivity contribution in [1.29, 1.82) is 0 Å². The van der Waals surface area contributed by atoms with Gasteiger partial charge in [-0.15, -0.1) is 0 Å². The third kappa shape index (κ3) is 2.26. The topological polar surface area (TPSA) is 67.5 Å². The van der Waals surface area contributed by atoms with Gasteiger partial charge in [0.15, 0.2) is 0 Å². The molecular formula is C11H18N2O3. The fourth-order valence-electron chi connectivity index (χ4n) is 2.17. The number of nitrogens with zero attached hydrogens (tertiary/aromatic N) is 2. The van der Waals surface area contributed by atoms with Crippen molar-refractivity contribution in [2.45, 2.75) is 24.9 Å². The summed E-state index contributed by atoms with van der Waals surface area (Å²) < 4.78 is 7.00. The molecule has 1 unspecified atom stereocenters. The fourth-order valence-corrected chi connectivity index (χ4v) is 2.17. The van der Waals surface area contributed by atoms with E-state index < -0.39 is 6.10 Å². The van der Waals surface area contributed by atoms with Crippen LogP contribution in [-0.4, -0.2) is 39.8 Å². The molecular weight excluding hydrogens is 208 g/mol. The van der Waals surface area contributed by atoms with Crippen molar-refractivity contribution < 1.29 is 14.9 Å². The van der Waals surface area contributed by atoms with Gasteiger partial charge in [-0.3, -0.25) is 4.68 Å². The first kappa shape index (κ1) is 11.6. The fraction of sp³-hybridized carbons (Fsp3) is 0.727. The van der Waals surface area contributed by atoms with E-state index in [0.29, 0.717) is 5.92 Å². The Kier molecular flexibility index (Phi) is 3.58. The molecule has 5 heteroatoms. The molecule has 1 fully saturated rings. The molecule has 16 heavy (non-hydrogen) atoms. The molecule has 0 bridgehead atoms. The van der Waals surface area contributed by atoms with E-state index in [0.717, 1.165) is 37.3 Å². The first-order valence-corrected chi connectivity index (χ1v) is 5.62. The monoisotopic (exact) mass is 226 g/mol. The molecule has 1 aromatic heterocycles. The standard InChI is InChI=1S/C11H18N2O3/c1-13-6-9(10(15)7-14)11(12-13)8-2-4-16-5-3-8/h6,8,10,14-15H,2-5,7H2,1H3. The number of aliphatic hydroxyl groups is 2. The van der Waals surface area contributed by atoms with Crippen LogP contribution < -0.4 is 0 Å². The lowest BCUT2D eigenvalue weighted by Crippen LogP contribution is -2.17. The molecule has 2 rings (SSSR count). The Morgan fingerprint density at radius 3 is 2.88 bits per heavy atom. The zero-order valence-corrected chi connectivity index (χ0v) is 9.46. The van der Waals surface area contributed by atoms with E-state index >= 15 is 0 Å². The van der Waals surface area contributed by atoms with Crippen LogP contribution in [0.15, 0.2) is 6.20 Å². The van der Waals surface area contributed by atoms with Crippen LogP contribution in [0, 0.1) is 0 Å². The van der Waals surface area contributed by atoms with Gasteiger partial charge in [-0.2, -0.15) is 5.10 Å². The van der Waals surface area contributed by atoms with Gasteiger partial charge < -0.3 is 14.9 Å². The second kappa shape index (κ2) is 4.95. The minimum atomic E-state index is -0.827. The molecule has 2 N–H and O–H groups in total. The van der Waals surface area contributed by atoms with Crippen molar-refractivity contribution in [2.75, 3.05) is 19.8 Å². The van der Waals surface area contributed by atoms with Crippen LogP contribution in [0.1, 0.15) is 36.1 Å². The molecule has 0 spiro atoms. The van der Waals surface area contributed by atoms with Crippen molar-refractivity contribution >= 4 is 0 Å². The second-order valence-electron chi connectivity index (χ2n) is 4.23. The largest absolute Gasteiger partial charge is 0.393 e. The smallest absolute Gasteiger partial charge is 0.105 e. The van der Waals surface area contributed by atoms with Crippen molar-refractivity contribution in [3.05, 3.63) is 17.5 Å². The average molecular weight is 226 g/mol. The first-order valence-electron chi connectivity index (χ1n) is 5.62. The lowest BCUT2D eigenvalue weighted by molar-refractivity contribution is 0.0793. The molecule has 2 heterocycles. The summed E-state index contributed by atoms with van der Waals surface area (Å²) in [5, 5.41) is 23.1. The lowest BCUT2D eigenvalue weighted by atomic mass is 9.92. The van der Waals surface area contributed by atoms with E-state index in [1.165, 1.54) is 0 Å². The normalized spacial score (nSPS) is 19.9. The minimum absolute atomic E-state index is 0.262. The molecule has 0 aromatic carbocycles. The van der Waals surface area contributed by atoms with Crippen LogP contribution in [0.25, 0.3) is 0 Å². The number of aliphatic hydroxyl groups excluding tert-OH is 2. The molecule has 1 aliphatic heterocycles. The average Bonchev–Trinajstić information content (AvgIpc) is 2.71. The highest BCUT2D eigenvalue weighted by atomic mass is 16.5. The number of hydrogen-bond donors (Lipinski definition) is 2. The van der Waals surface area contributed by atoms with Gasteiger partial charge in [0, 0.05) is 37.9 Å². The van der Waals surface area contributed by atoms with Crippen LogP contribution >= 0.6 is 0 Å². The molecule has 1 saturated heterocycles. The van der Waals surface area contributed by atoms with Crippen LogP contribution in [-0.2, 0) is 11.8 Å². The summed E-state index contributed by atoms with van der Waals surface area (Å²) in [6, 6.07) is 0. The second-order valence-corrected chi connectivity index (χ2v) is 4.23. The van der Waals surface area contributed by atoms with Crippen molar-refractivity contribution in [2.24, 2.45) is 7.05 Å². The highest BCUT2D eigenvalue weighted by molar-refractivity contribution is 5.24. The maximum absolute atomic E-state index is 9.72. The van der Waals surface area contributed by atoms with E-state index in [4.69, 9.17) is 9.84 Å². The van der Waals surface area contributed by atoms with E-state index in [9.17, 15) is 5.11 Å². The molecule has 1 aliphatic rings. The SMILES string of the molecule is Cn1cc(C(O)CO)c(C2CCOCC2)n1. The molecule has 1 aromatic rings. The van der Waals surface area contributed by atoms with Gasteiger partial charge >= 0.3 is 0 Å². The number of aromatic nitrogens is 2. The number of ether oxygens (including phenoxy) is 1. The summed E-state index contributed by atoms with van der Waals surface area (Å²) in [7, 11) is 1.83. The van der Waals surface area contributed by atoms with Gasteiger partial charge in [0.25, 0.3) is 0 Å². The Hall–Kier alpha value is -0.910. The van der Waals surface area contributed by atoms with E-state index in [2.05, 4.69) is 5.10 Å². The Balaban J connectivity index is 2.24. The summed E-state index contributed by atoms with van der Waals surface area (Å²) in [6.45, 7) is 1.23. The van der Waals surface area contributed by atoms with Crippen LogP contribution in [0.4, 0.5) is 0 Å². The molecule has 5 nitrogen and oxygen atoms in total. The lowest BCUT2D eigenvalue weighted by Gasteiger charge is -2.22. The third-order valence-electron chi connectivity index (χ3n) is 3.03. The van der Waals surface area contributed by atoms with Gasteiger partial charge in [-0.1, -0.05) is 0 Å². The van der Waals surface area contributed by atoms with Crippen molar-refractivity contribution in [3.8, 4) is 0 Å². The third-order valence-corrected chi connectivity index (χ3v) is 3.03. The van der Waals surface area contributed by atoms with Crippen molar-refractivity contribution in [1.82, 2.24) is 9.78 Å². The quantitative estimate of drug-likeness (QED) is 0.780. The summed E-state index contributed by atoms with van der Waals surface area (Å²) in [5.41, 5.74) is 1.66. The highest BCUT2D eigenvalue weighted by Crippen LogP contribution is 2.30. The Labute approximate surface area is 94.7 Å². The van der Waals surface area contributed by atoms with Gasteiger partial charge in [0.1, 0.15) is 6.10 Å². The Morgan fingerprint density at radius 1 is 1.56 bits per heavy atom. The highest BCUT2D eigenvalue weighted by Gasteiger charge is 2.24. The summed E-state index contributed by atoms with van der Waals surface area (Å²) in [4.78, 5) is 0. The van der Waals surface area contributed by atoms with Gasteiger partial charge in [0.05, 0.1) is 12.3 Å². The summed E-state index contributed by atoms with van der Waals surface area (Å²) in [6.07, 6.45) is 2.82. The van der Waals surface area contributed by atoms with Gasteiger partial charge in [-0.05, 0) is 12.8 Å². The molecule has 0 amide bonds. The first-order chi connectivity index (χ1) is 7.72. The van der Waals surface area contributed by atoms with Crippen molar-refractivity contribution in [3.63, 3.8) is 0 Å². The molecule has 0 saturated carbocycles. The molecule has 0 radical (unpaired) electrons. The van der Waals surface area contributed by atoms with Gasteiger partial charge in [0.2, 0.25) is 0 Å². The summed E-state index contributed by atoms with van der Waals surface area (Å²) >= 11 is 0. The summed E-state index contributed by atoms with van der Waals surface area (Å²) in [5.74, 6) is 0.339. The zero-order chi connectivity index (χ0) is 11.5. The predicted octanol–water partition coefficient (Wildman–Crippen LogP) is 0.340. The van der Waals surface area contributed by atoms with Crippen LogP contribution in [0.5, 0.6) is 0 Å². The van der Waals surface area contributed by atoms with Crippen LogP contribution in [0.3, 0.4) is 0 Å². The molecule has 90 valence electrons. The predicted molar refractivity (Wildman–Crippen MR) is 58.0 cm³/mol. The van der Waals surface area contributed by atoms with E-state index in [-0.39, 0.29) is 6.61 Å². The van der Waals surface area contributed by atoms with E-state index in [1.54, 1.807) is 10.9 Å². The maximum atomic E-state index is 9.72. The zero-order valence-electron chi connectivity index (χ0n) is 9.46.